The Bertz CT molecular complexity index is 537. The number of nitrogens with one attached hydrogen (secondary N) is 1. The van der Waals surface area contributed by atoms with Crippen LogP contribution in [0.1, 0.15) is 11.3 Å². The number of ether oxygens (including phenoxy) is 1. The van der Waals surface area contributed by atoms with Crippen LogP contribution in [0.2, 0.25) is 0 Å². The zero-order valence-corrected chi connectivity index (χ0v) is 13.4. The Labute approximate surface area is 129 Å². The van der Waals surface area contributed by atoms with Gasteiger partial charge in [-0.25, -0.2) is 8.42 Å². The van der Waals surface area contributed by atoms with Crippen LogP contribution >= 0.6 is 11.3 Å². The summed E-state index contributed by atoms with van der Waals surface area (Å²) in [6, 6.07) is 3.94. The molecule has 0 bridgehead atoms. The highest BCUT2D eigenvalue weighted by molar-refractivity contribution is 7.89. The van der Waals surface area contributed by atoms with Crippen LogP contribution < -0.4 is 5.32 Å². The highest BCUT2D eigenvalue weighted by atomic mass is 32.2. The zero-order chi connectivity index (χ0) is 15.1. The number of aryl methyl sites for hydroxylation is 1. The number of amides is 1. The van der Waals surface area contributed by atoms with Crippen molar-refractivity contribution in [1.82, 2.24) is 9.62 Å². The Hall–Kier alpha value is -0.960. The molecule has 0 spiro atoms. The van der Waals surface area contributed by atoms with Crippen LogP contribution in [0.25, 0.3) is 0 Å². The second-order valence-electron chi connectivity index (χ2n) is 4.76. The highest BCUT2D eigenvalue weighted by Gasteiger charge is 2.23. The van der Waals surface area contributed by atoms with Crippen molar-refractivity contribution in [2.24, 2.45) is 0 Å². The molecule has 1 N–H and O–H groups in total. The van der Waals surface area contributed by atoms with Crippen molar-refractivity contribution in [2.45, 2.75) is 12.8 Å². The maximum absolute atomic E-state index is 12.0. The number of carbonyl (C=O) groups excluding carboxylic acids is 1. The van der Waals surface area contributed by atoms with E-state index in [1.165, 1.54) is 4.31 Å². The van der Waals surface area contributed by atoms with Gasteiger partial charge >= 0.3 is 0 Å². The first kappa shape index (κ1) is 16.4. The third kappa shape index (κ3) is 5.39. The molecular formula is C13H20N2O4S2. The van der Waals surface area contributed by atoms with E-state index in [0.29, 0.717) is 39.1 Å². The second-order valence-corrected chi connectivity index (χ2v) is 7.88. The Kier molecular flexibility index (Phi) is 6.16. The maximum Gasteiger partial charge on any atom is 0.220 e. The average Bonchev–Trinajstić information content (AvgIpc) is 2.99. The molecule has 1 fully saturated rings. The number of sulfonamides is 1. The van der Waals surface area contributed by atoms with Gasteiger partial charge in [0.2, 0.25) is 15.9 Å². The van der Waals surface area contributed by atoms with E-state index in [2.05, 4.69) is 5.32 Å². The molecule has 8 heteroatoms. The summed E-state index contributed by atoms with van der Waals surface area (Å²) in [6.45, 7) is 1.82. The van der Waals surface area contributed by atoms with Crippen LogP contribution in [0.4, 0.5) is 0 Å². The van der Waals surface area contributed by atoms with Crippen molar-refractivity contribution in [3.8, 4) is 0 Å². The van der Waals surface area contributed by atoms with Gasteiger partial charge in [-0.3, -0.25) is 4.79 Å². The van der Waals surface area contributed by atoms with Crippen molar-refractivity contribution >= 4 is 27.3 Å². The SMILES string of the molecule is O=C(CCc1cccs1)NCCS(=O)(=O)N1CCOCC1. The minimum atomic E-state index is -3.30. The molecule has 0 unspecified atom stereocenters. The molecule has 118 valence electrons. The summed E-state index contributed by atoms with van der Waals surface area (Å²) in [5, 5.41) is 4.64. The minimum absolute atomic E-state index is 0.0578. The fraction of sp³-hybridized carbons (Fsp3) is 0.615. The van der Waals surface area contributed by atoms with Gasteiger partial charge in [0, 0.05) is 30.9 Å². The summed E-state index contributed by atoms with van der Waals surface area (Å²) in [5.74, 6) is -0.168. The molecule has 6 nitrogen and oxygen atoms in total. The lowest BCUT2D eigenvalue weighted by atomic mass is 10.2. The molecule has 1 aliphatic heterocycles. The third-order valence-electron chi connectivity index (χ3n) is 3.22. The molecule has 2 rings (SSSR count). The van der Waals surface area contributed by atoms with E-state index in [4.69, 9.17) is 4.74 Å². The van der Waals surface area contributed by atoms with Gasteiger partial charge in [0.15, 0.2) is 0 Å². The van der Waals surface area contributed by atoms with Crippen molar-refractivity contribution in [3.63, 3.8) is 0 Å². The Balaban J connectivity index is 1.66. The fourth-order valence-electron chi connectivity index (χ4n) is 2.05. The first-order valence-corrected chi connectivity index (χ1v) is 9.41. The van der Waals surface area contributed by atoms with E-state index in [9.17, 15) is 13.2 Å². The van der Waals surface area contributed by atoms with Gasteiger partial charge in [0.25, 0.3) is 0 Å². The van der Waals surface area contributed by atoms with Gasteiger partial charge in [-0.05, 0) is 17.9 Å². The number of hydrogen-bond acceptors (Lipinski definition) is 5. The lowest BCUT2D eigenvalue weighted by Gasteiger charge is -2.26. The van der Waals surface area contributed by atoms with E-state index < -0.39 is 10.0 Å². The standard InChI is InChI=1S/C13H20N2O4S2/c16-13(4-3-12-2-1-10-20-12)14-5-11-21(17,18)15-6-8-19-9-7-15/h1-2,10H,3-9,11H2,(H,14,16). The van der Waals surface area contributed by atoms with Crippen LogP contribution in [0.15, 0.2) is 17.5 Å². The lowest BCUT2D eigenvalue weighted by Crippen LogP contribution is -2.43. The number of nitrogens with zero attached hydrogens (tertiary/aromatic N) is 1. The molecule has 1 aromatic heterocycles. The van der Waals surface area contributed by atoms with Gasteiger partial charge in [0.05, 0.1) is 19.0 Å². The monoisotopic (exact) mass is 332 g/mol. The molecule has 0 aromatic carbocycles. The Morgan fingerprint density at radius 1 is 1.38 bits per heavy atom. The number of rotatable bonds is 7. The largest absolute Gasteiger partial charge is 0.379 e. The Morgan fingerprint density at radius 2 is 2.14 bits per heavy atom. The fourth-order valence-corrected chi connectivity index (χ4v) is 4.09. The molecule has 0 aliphatic carbocycles. The van der Waals surface area contributed by atoms with Crippen LogP contribution in [-0.2, 0) is 26.0 Å². The molecule has 2 heterocycles. The summed E-state index contributed by atoms with van der Waals surface area (Å²) in [4.78, 5) is 12.8. The first-order chi connectivity index (χ1) is 10.1. The van der Waals surface area contributed by atoms with Gasteiger partial charge in [-0.15, -0.1) is 11.3 Å². The van der Waals surface area contributed by atoms with Crippen LogP contribution in [-0.4, -0.2) is 57.2 Å². The van der Waals surface area contributed by atoms with E-state index in [0.717, 1.165) is 4.88 Å². The molecule has 1 aliphatic rings. The summed E-state index contributed by atoms with van der Waals surface area (Å²) in [5.41, 5.74) is 0. The lowest BCUT2D eigenvalue weighted by molar-refractivity contribution is -0.120. The Morgan fingerprint density at radius 3 is 2.81 bits per heavy atom. The predicted octanol–water partition coefficient (Wildman–Crippen LogP) is 0.459. The third-order valence-corrected chi connectivity index (χ3v) is 6.03. The van der Waals surface area contributed by atoms with Crippen molar-refractivity contribution in [2.75, 3.05) is 38.6 Å². The molecular weight excluding hydrogens is 312 g/mol. The van der Waals surface area contributed by atoms with Crippen LogP contribution in [0.3, 0.4) is 0 Å². The normalized spacial score (nSPS) is 16.8. The zero-order valence-electron chi connectivity index (χ0n) is 11.8. The smallest absolute Gasteiger partial charge is 0.220 e. The van der Waals surface area contributed by atoms with E-state index in [1.54, 1.807) is 11.3 Å². The van der Waals surface area contributed by atoms with Crippen molar-refractivity contribution < 1.29 is 17.9 Å². The maximum atomic E-state index is 12.0. The van der Waals surface area contributed by atoms with Crippen LogP contribution in [0, 0.1) is 0 Å². The van der Waals surface area contributed by atoms with Gasteiger partial charge in [0.1, 0.15) is 0 Å². The van der Waals surface area contributed by atoms with Gasteiger partial charge in [-0.2, -0.15) is 4.31 Å². The molecule has 0 atom stereocenters. The van der Waals surface area contributed by atoms with E-state index in [1.807, 2.05) is 17.5 Å². The quantitative estimate of drug-likeness (QED) is 0.787. The van der Waals surface area contributed by atoms with E-state index >= 15 is 0 Å². The predicted molar refractivity (Wildman–Crippen MR) is 81.8 cm³/mol. The molecule has 1 aromatic rings. The van der Waals surface area contributed by atoms with Crippen molar-refractivity contribution in [3.05, 3.63) is 22.4 Å². The van der Waals surface area contributed by atoms with Crippen LogP contribution in [0.5, 0.6) is 0 Å². The van der Waals surface area contributed by atoms with Gasteiger partial charge in [-0.1, -0.05) is 6.07 Å². The first-order valence-electron chi connectivity index (χ1n) is 6.92. The molecule has 21 heavy (non-hydrogen) atoms. The van der Waals surface area contributed by atoms with E-state index in [-0.39, 0.29) is 18.2 Å². The summed E-state index contributed by atoms with van der Waals surface area (Å²) in [7, 11) is -3.30. The van der Waals surface area contributed by atoms with Crippen molar-refractivity contribution in [1.29, 1.82) is 0 Å². The summed E-state index contributed by atoms with van der Waals surface area (Å²) >= 11 is 1.62. The second kappa shape index (κ2) is 7.88. The number of hydrogen-bond donors (Lipinski definition) is 1. The molecule has 0 saturated carbocycles. The number of morpholine rings is 1. The number of thiophene rings is 1. The average molecular weight is 332 g/mol. The summed E-state index contributed by atoms with van der Waals surface area (Å²) in [6.07, 6.45) is 1.08. The molecule has 1 saturated heterocycles. The number of carbonyl (C=O) groups is 1. The topological polar surface area (TPSA) is 75.7 Å². The minimum Gasteiger partial charge on any atom is -0.379 e. The molecule has 1 amide bonds. The van der Waals surface area contributed by atoms with Gasteiger partial charge < -0.3 is 10.1 Å². The summed E-state index contributed by atoms with van der Waals surface area (Å²) < 4.78 is 30.6. The molecule has 0 radical (unpaired) electrons. The highest BCUT2D eigenvalue weighted by Crippen LogP contribution is 2.10.